The number of hydrogen-bond donors (Lipinski definition) is 3. The van der Waals surface area contributed by atoms with Gasteiger partial charge in [-0.1, -0.05) is 0 Å². The summed E-state index contributed by atoms with van der Waals surface area (Å²) in [4.78, 5) is 11.0. The van der Waals surface area contributed by atoms with Crippen molar-refractivity contribution >= 4 is 16.2 Å². The third kappa shape index (κ3) is 4.98. The van der Waals surface area contributed by atoms with E-state index in [4.69, 9.17) is 14.9 Å². The molecule has 0 spiro atoms. The molecule has 8 nitrogen and oxygen atoms in total. The molecule has 20 heavy (non-hydrogen) atoms. The Bertz CT molecular complexity index is 407. The molecule has 1 rings (SSSR count). The minimum atomic E-state index is -3.76. The van der Waals surface area contributed by atoms with Crippen LogP contribution >= 0.6 is 0 Å². The van der Waals surface area contributed by atoms with E-state index >= 15 is 0 Å². The van der Waals surface area contributed by atoms with Crippen LogP contribution in [-0.4, -0.2) is 68.4 Å². The summed E-state index contributed by atoms with van der Waals surface area (Å²) in [5.41, 5.74) is 0. The molecule has 0 aliphatic carbocycles. The highest BCUT2D eigenvalue weighted by Crippen LogP contribution is 2.19. The van der Waals surface area contributed by atoms with Gasteiger partial charge in [-0.15, -0.1) is 0 Å². The predicted octanol–water partition coefficient (Wildman–Crippen LogP) is -0.985. The maximum Gasteiger partial charge on any atom is 0.307 e. The summed E-state index contributed by atoms with van der Waals surface area (Å²) in [5, 5.41) is 17.9. The first kappa shape index (κ1) is 17.3. The van der Waals surface area contributed by atoms with E-state index in [2.05, 4.69) is 4.72 Å². The Hall–Kier alpha value is -0.740. The van der Waals surface area contributed by atoms with Crippen LogP contribution in [0.2, 0.25) is 0 Å². The van der Waals surface area contributed by atoms with Gasteiger partial charge < -0.3 is 14.9 Å². The number of nitrogens with zero attached hydrogens (tertiary/aromatic N) is 1. The number of piperidine rings is 1. The number of methoxy groups -OCH3 is 1. The molecule has 0 amide bonds. The van der Waals surface area contributed by atoms with Crippen molar-refractivity contribution in [1.82, 2.24) is 9.03 Å². The molecule has 1 heterocycles. The SMILES string of the molecule is COCC(CCO)NS(=O)(=O)N1CCCC(C(=O)O)C1. The molecule has 0 bridgehead atoms. The van der Waals surface area contributed by atoms with Crippen LogP contribution in [0.4, 0.5) is 0 Å². The lowest BCUT2D eigenvalue weighted by molar-refractivity contribution is -0.142. The average molecular weight is 310 g/mol. The molecule has 0 aromatic heterocycles. The minimum Gasteiger partial charge on any atom is -0.481 e. The summed E-state index contributed by atoms with van der Waals surface area (Å²) in [6, 6.07) is -0.528. The van der Waals surface area contributed by atoms with Crippen LogP contribution in [0.15, 0.2) is 0 Å². The smallest absolute Gasteiger partial charge is 0.307 e. The molecule has 3 N–H and O–H groups in total. The van der Waals surface area contributed by atoms with E-state index in [-0.39, 0.29) is 26.2 Å². The first-order valence-electron chi connectivity index (χ1n) is 6.50. The van der Waals surface area contributed by atoms with Crippen molar-refractivity contribution in [3.05, 3.63) is 0 Å². The molecular formula is C11H22N2O6S. The molecule has 0 aromatic carbocycles. The standard InChI is InChI=1S/C11H22N2O6S/c1-19-8-10(4-6-14)12-20(17,18)13-5-2-3-9(7-13)11(15)16/h9-10,12,14H,2-8H2,1H3,(H,15,16). The fourth-order valence-corrected chi connectivity index (χ4v) is 3.68. The van der Waals surface area contributed by atoms with Gasteiger partial charge in [0.25, 0.3) is 10.2 Å². The second-order valence-corrected chi connectivity index (χ2v) is 6.53. The van der Waals surface area contributed by atoms with Gasteiger partial charge >= 0.3 is 5.97 Å². The number of rotatable bonds is 8. The van der Waals surface area contributed by atoms with Gasteiger partial charge in [0.15, 0.2) is 0 Å². The summed E-state index contributed by atoms with van der Waals surface area (Å²) in [6.45, 7) is 0.270. The van der Waals surface area contributed by atoms with Crippen LogP contribution in [0.25, 0.3) is 0 Å². The van der Waals surface area contributed by atoms with Crippen molar-refractivity contribution in [3.8, 4) is 0 Å². The van der Waals surface area contributed by atoms with Crippen LogP contribution < -0.4 is 4.72 Å². The Morgan fingerprint density at radius 1 is 1.55 bits per heavy atom. The Balaban J connectivity index is 2.68. The summed E-state index contributed by atoms with van der Waals surface area (Å²) < 4.78 is 32.9. The fraction of sp³-hybridized carbons (Fsp3) is 0.909. The first-order chi connectivity index (χ1) is 9.40. The van der Waals surface area contributed by atoms with E-state index in [1.165, 1.54) is 7.11 Å². The molecule has 0 saturated carbocycles. The number of aliphatic hydroxyl groups is 1. The molecule has 118 valence electrons. The third-order valence-corrected chi connectivity index (χ3v) is 4.88. The van der Waals surface area contributed by atoms with E-state index < -0.39 is 28.1 Å². The van der Waals surface area contributed by atoms with Crippen molar-refractivity contribution in [2.45, 2.75) is 25.3 Å². The van der Waals surface area contributed by atoms with Crippen LogP contribution in [0.1, 0.15) is 19.3 Å². The Morgan fingerprint density at radius 3 is 2.80 bits per heavy atom. The number of ether oxygens (including phenoxy) is 1. The molecule has 1 aliphatic rings. The van der Waals surface area contributed by atoms with Crippen LogP contribution in [0.5, 0.6) is 0 Å². The zero-order valence-corrected chi connectivity index (χ0v) is 12.3. The number of aliphatic carboxylic acids is 1. The van der Waals surface area contributed by atoms with Gasteiger partial charge in [0.05, 0.1) is 12.5 Å². The highest BCUT2D eigenvalue weighted by Gasteiger charge is 2.33. The summed E-state index contributed by atoms with van der Waals surface area (Å²) in [7, 11) is -2.32. The maximum absolute atomic E-state index is 12.2. The van der Waals surface area contributed by atoms with E-state index in [0.717, 1.165) is 4.31 Å². The fourth-order valence-electron chi connectivity index (χ4n) is 2.18. The molecule has 0 radical (unpaired) electrons. The summed E-state index contributed by atoms with van der Waals surface area (Å²) in [6.07, 6.45) is 1.25. The van der Waals surface area contributed by atoms with Crippen molar-refractivity contribution in [1.29, 1.82) is 0 Å². The van der Waals surface area contributed by atoms with Crippen molar-refractivity contribution in [2.75, 3.05) is 33.4 Å². The lowest BCUT2D eigenvalue weighted by atomic mass is 10.0. The normalized spacial score (nSPS) is 22.6. The zero-order valence-electron chi connectivity index (χ0n) is 11.5. The molecule has 2 unspecified atom stereocenters. The van der Waals surface area contributed by atoms with Gasteiger partial charge in [0, 0.05) is 32.8 Å². The Morgan fingerprint density at radius 2 is 2.25 bits per heavy atom. The van der Waals surface area contributed by atoms with Crippen molar-refractivity contribution in [3.63, 3.8) is 0 Å². The second kappa shape index (κ2) is 7.89. The van der Waals surface area contributed by atoms with E-state index in [1.807, 2.05) is 0 Å². The van der Waals surface area contributed by atoms with Gasteiger partial charge in [-0.05, 0) is 19.3 Å². The zero-order chi connectivity index (χ0) is 15.2. The molecule has 2 atom stereocenters. The third-order valence-electron chi connectivity index (χ3n) is 3.23. The number of carbonyl (C=O) groups is 1. The van der Waals surface area contributed by atoms with E-state index in [1.54, 1.807) is 0 Å². The van der Waals surface area contributed by atoms with Gasteiger partial charge in [-0.2, -0.15) is 17.4 Å². The lowest BCUT2D eigenvalue weighted by Gasteiger charge is -2.31. The van der Waals surface area contributed by atoms with Crippen LogP contribution in [-0.2, 0) is 19.7 Å². The number of hydrogen-bond acceptors (Lipinski definition) is 5. The van der Waals surface area contributed by atoms with E-state index in [0.29, 0.717) is 19.4 Å². The predicted molar refractivity (Wildman–Crippen MR) is 71.4 cm³/mol. The number of aliphatic hydroxyl groups excluding tert-OH is 1. The average Bonchev–Trinajstić information content (AvgIpc) is 2.39. The van der Waals surface area contributed by atoms with Gasteiger partial charge in [-0.25, -0.2) is 0 Å². The molecular weight excluding hydrogens is 288 g/mol. The second-order valence-electron chi connectivity index (χ2n) is 4.82. The van der Waals surface area contributed by atoms with E-state index in [9.17, 15) is 13.2 Å². The highest BCUT2D eigenvalue weighted by molar-refractivity contribution is 7.87. The molecule has 1 saturated heterocycles. The molecule has 1 fully saturated rings. The largest absolute Gasteiger partial charge is 0.481 e. The van der Waals surface area contributed by atoms with Crippen molar-refractivity contribution < 1.29 is 28.2 Å². The number of nitrogens with one attached hydrogen (secondary N) is 1. The van der Waals surface area contributed by atoms with Gasteiger partial charge in [0.2, 0.25) is 0 Å². The molecule has 0 aromatic rings. The van der Waals surface area contributed by atoms with Crippen molar-refractivity contribution in [2.24, 2.45) is 5.92 Å². The minimum absolute atomic E-state index is 0.0243. The number of carboxylic acids is 1. The highest BCUT2D eigenvalue weighted by atomic mass is 32.2. The summed E-state index contributed by atoms with van der Waals surface area (Å²) in [5.74, 6) is -1.65. The first-order valence-corrected chi connectivity index (χ1v) is 7.94. The quantitative estimate of drug-likeness (QED) is 0.530. The summed E-state index contributed by atoms with van der Waals surface area (Å²) >= 11 is 0. The van der Waals surface area contributed by atoms with Crippen LogP contribution in [0.3, 0.4) is 0 Å². The number of carboxylic acid groups (broad SMARTS) is 1. The Kier molecular flexibility index (Phi) is 6.83. The Labute approximate surface area is 118 Å². The van der Waals surface area contributed by atoms with Crippen LogP contribution in [0, 0.1) is 5.92 Å². The van der Waals surface area contributed by atoms with Gasteiger partial charge in [0.1, 0.15) is 0 Å². The lowest BCUT2D eigenvalue weighted by Crippen LogP contribution is -2.51. The monoisotopic (exact) mass is 310 g/mol. The molecule has 9 heteroatoms. The van der Waals surface area contributed by atoms with Gasteiger partial charge in [-0.3, -0.25) is 4.79 Å². The molecule has 1 aliphatic heterocycles. The topological polar surface area (TPSA) is 116 Å². The maximum atomic E-state index is 12.2.